The Labute approximate surface area is 184 Å². The van der Waals surface area contributed by atoms with Crippen LogP contribution < -0.4 is 11.1 Å². The summed E-state index contributed by atoms with van der Waals surface area (Å²) in [6.45, 7) is 4.01. The molecule has 9 heteroatoms. The van der Waals surface area contributed by atoms with E-state index in [9.17, 15) is 9.90 Å². The van der Waals surface area contributed by atoms with Crippen LogP contribution in [-0.2, 0) is 4.74 Å². The number of hydrogen-bond donors (Lipinski definition) is 3. The fourth-order valence-corrected chi connectivity index (χ4v) is 4.63. The predicted octanol–water partition coefficient (Wildman–Crippen LogP) is 3.67. The average Bonchev–Trinajstić information content (AvgIpc) is 3.29. The third-order valence-corrected chi connectivity index (χ3v) is 6.44. The second-order valence-corrected chi connectivity index (χ2v) is 8.49. The van der Waals surface area contributed by atoms with Gasteiger partial charge in [-0.15, -0.1) is 11.3 Å². The first-order chi connectivity index (χ1) is 15.0. The Bertz CT molecular complexity index is 1050. The fourth-order valence-electron chi connectivity index (χ4n) is 4.02. The van der Waals surface area contributed by atoms with E-state index in [0.29, 0.717) is 22.8 Å². The van der Waals surface area contributed by atoms with Crippen LogP contribution in [0.3, 0.4) is 0 Å². The number of nitrogens with two attached hydrogens (primary N) is 1. The van der Waals surface area contributed by atoms with Gasteiger partial charge in [-0.1, -0.05) is 6.92 Å². The van der Waals surface area contributed by atoms with E-state index in [-0.39, 0.29) is 29.5 Å². The maximum Gasteiger partial charge on any atom is 0.276 e. The second kappa shape index (κ2) is 9.09. The molecule has 162 valence electrons. The molecule has 0 radical (unpaired) electrons. The van der Waals surface area contributed by atoms with Crippen LogP contribution in [0.25, 0.3) is 10.7 Å². The van der Waals surface area contributed by atoms with E-state index < -0.39 is 12.0 Å². The normalized spacial score (nSPS) is 23.5. The number of carbonyl (C=O) groups is 1. The van der Waals surface area contributed by atoms with Crippen LogP contribution >= 0.6 is 11.3 Å². The molecule has 4 N–H and O–H groups in total. The molecular weight excluding hydrogens is 414 g/mol. The minimum atomic E-state index is -0.470. The lowest BCUT2D eigenvalue weighted by molar-refractivity contribution is -0.131. The molecule has 3 aromatic heterocycles. The molecule has 1 amide bonds. The average molecular weight is 440 g/mol. The van der Waals surface area contributed by atoms with Crippen LogP contribution in [0.2, 0.25) is 0 Å². The number of nitrogen functional groups attached to an aromatic ring is 1. The first-order valence-electron chi connectivity index (χ1n) is 10.2. The van der Waals surface area contributed by atoms with Crippen LogP contribution in [0, 0.1) is 5.92 Å². The number of carbonyl (C=O) groups excluding carboxylic acids is 1. The molecule has 4 atom stereocenters. The van der Waals surface area contributed by atoms with Gasteiger partial charge in [0.25, 0.3) is 5.91 Å². The molecule has 0 saturated carbocycles. The van der Waals surface area contributed by atoms with Gasteiger partial charge < -0.3 is 20.9 Å². The molecule has 0 aromatic carbocycles. The van der Waals surface area contributed by atoms with Gasteiger partial charge in [-0.2, -0.15) is 0 Å². The van der Waals surface area contributed by atoms with Crippen LogP contribution in [0.1, 0.15) is 48.8 Å². The number of nitrogens with one attached hydrogen (secondary N) is 1. The number of nitrogens with zero attached hydrogens (tertiary/aromatic N) is 3. The molecule has 4 rings (SSSR count). The third-order valence-electron chi connectivity index (χ3n) is 5.65. The molecule has 1 aliphatic heterocycles. The van der Waals surface area contributed by atoms with E-state index in [1.807, 2.05) is 19.2 Å². The Hall–Kier alpha value is -2.88. The quantitative estimate of drug-likeness (QED) is 0.554. The van der Waals surface area contributed by atoms with Crippen molar-refractivity contribution in [3.63, 3.8) is 0 Å². The number of thiazole rings is 1. The lowest BCUT2D eigenvalue weighted by Gasteiger charge is -2.38. The highest BCUT2D eigenvalue weighted by Crippen LogP contribution is 2.38. The zero-order valence-electron chi connectivity index (χ0n) is 17.4. The largest absolute Gasteiger partial charge is 0.397 e. The van der Waals surface area contributed by atoms with Crippen molar-refractivity contribution in [2.24, 2.45) is 5.92 Å². The number of aromatic nitrogens is 3. The summed E-state index contributed by atoms with van der Waals surface area (Å²) in [5.74, 6) is -0.352. The summed E-state index contributed by atoms with van der Waals surface area (Å²) in [6, 6.07) is 5.19. The van der Waals surface area contributed by atoms with E-state index in [2.05, 4.69) is 20.3 Å². The molecule has 0 unspecified atom stereocenters. The standard InChI is InChI=1S/C22H25N5O3S/c1-3-13-12(2)30-19(10-18(13)28)14-6-7-24-11-17(14)27-21(29)20-15(23)4-5-16(26-20)22-25-8-9-31-22/h4-9,11-13,18-19,28H,3,10,23H2,1-2H3,(H,27,29)/t12-,13+,18-,19-/m1/s1. The van der Waals surface area contributed by atoms with Gasteiger partial charge in [0.1, 0.15) is 5.01 Å². The van der Waals surface area contributed by atoms with Crippen LogP contribution in [-0.4, -0.2) is 38.2 Å². The highest BCUT2D eigenvalue weighted by atomic mass is 32.1. The van der Waals surface area contributed by atoms with Gasteiger partial charge in [0.2, 0.25) is 0 Å². The molecular formula is C22H25N5O3S. The van der Waals surface area contributed by atoms with Crippen molar-refractivity contribution < 1.29 is 14.6 Å². The summed E-state index contributed by atoms with van der Waals surface area (Å²) in [7, 11) is 0. The zero-order valence-corrected chi connectivity index (χ0v) is 18.2. The van der Waals surface area contributed by atoms with Crippen molar-refractivity contribution in [1.82, 2.24) is 15.0 Å². The Morgan fingerprint density at radius 1 is 1.35 bits per heavy atom. The fraction of sp³-hybridized carbons (Fsp3) is 0.364. The maximum absolute atomic E-state index is 13.0. The topological polar surface area (TPSA) is 123 Å². The Kier molecular flexibility index (Phi) is 6.26. The second-order valence-electron chi connectivity index (χ2n) is 7.59. The van der Waals surface area contributed by atoms with Crippen molar-refractivity contribution >= 4 is 28.6 Å². The molecule has 3 aromatic rings. The summed E-state index contributed by atoms with van der Waals surface area (Å²) in [6.07, 6.45) is 5.28. The van der Waals surface area contributed by atoms with E-state index >= 15 is 0 Å². The predicted molar refractivity (Wildman–Crippen MR) is 120 cm³/mol. The minimum absolute atomic E-state index is 0.0914. The van der Waals surface area contributed by atoms with Crippen molar-refractivity contribution in [2.45, 2.75) is 45.0 Å². The molecule has 8 nitrogen and oxygen atoms in total. The Morgan fingerprint density at radius 2 is 2.19 bits per heavy atom. The number of aliphatic hydroxyl groups is 1. The van der Waals surface area contributed by atoms with E-state index in [4.69, 9.17) is 10.5 Å². The summed E-state index contributed by atoms with van der Waals surface area (Å²) in [5, 5.41) is 16.0. The number of aliphatic hydroxyl groups excluding tert-OH is 1. The van der Waals surface area contributed by atoms with Crippen LogP contribution in [0.5, 0.6) is 0 Å². The maximum atomic E-state index is 13.0. The minimum Gasteiger partial charge on any atom is -0.397 e. The van der Waals surface area contributed by atoms with Gasteiger partial charge in [0.05, 0.1) is 41.6 Å². The number of rotatable bonds is 5. The number of pyridine rings is 2. The van der Waals surface area contributed by atoms with E-state index in [1.165, 1.54) is 11.3 Å². The highest BCUT2D eigenvalue weighted by Gasteiger charge is 2.35. The summed E-state index contributed by atoms with van der Waals surface area (Å²) >= 11 is 1.43. The summed E-state index contributed by atoms with van der Waals surface area (Å²) in [5.41, 5.74) is 8.27. The van der Waals surface area contributed by atoms with Crippen LogP contribution in [0.15, 0.2) is 42.2 Å². The molecule has 1 aliphatic rings. The molecule has 0 bridgehead atoms. The molecule has 0 spiro atoms. The summed E-state index contributed by atoms with van der Waals surface area (Å²) < 4.78 is 6.18. The van der Waals surface area contributed by atoms with Crippen molar-refractivity contribution in [1.29, 1.82) is 0 Å². The van der Waals surface area contributed by atoms with Crippen molar-refractivity contribution in [2.75, 3.05) is 11.1 Å². The zero-order chi connectivity index (χ0) is 22.0. The van der Waals surface area contributed by atoms with Gasteiger partial charge in [0, 0.05) is 35.7 Å². The van der Waals surface area contributed by atoms with Gasteiger partial charge in [-0.25, -0.2) is 9.97 Å². The van der Waals surface area contributed by atoms with E-state index in [0.717, 1.165) is 12.0 Å². The molecule has 31 heavy (non-hydrogen) atoms. The number of anilines is 2. The van der Waals surface area contributed by atoms with Gasteiger partial charge in [0.15, 0.2) is 5.69 Å². The lowest BCUT2D eigenvalue weighted by atomic mass is 9.85. The molecule has 4 heterocycles. The number of amides is 1. The lowest BCUT2D eigenvalue weighted by Crippen LogP contribution is -2.39. The molecule has 1 saturated heterocycles. The van der Waals surface area contributed by atoms with Gasteiger partial charge >= 0.3 is 0 Å². The van der Waals surface area contributed by atoms with Crippen molar-refractivity contribution in [3.8, 4) is 10.7 Å². The van der Waals surface area contributed by atoms with E-state index in [1.54, 1.807) is 36.8 Å². The number of ether oxygens (including phenoxy) is 1. The van der Waals surface area contributed by atoms with Crippen LogP contribution in [0.4, 0.5) is 11.4 Å². The SMILES string of the molecule is CC[C@@H]1[C@H](O)C[C@H](c2ccncc2NC(=O)c2nc(-c3nccs3)ccc2N)O[C@@H]1C. The van der Waals surface area contributed by atoms with Gasteiger partial charge in [-0.3, -0.25) is 9.78 Å². The first kappa shape index (κ1) is 21.4. The summed E-state index contributed by atoms with van der Waals surface area (Å²) in [4.78, 5) is 25.8. The third kappa shape index (κ3) is 4.43. The van der Waals surface area contributed by atoms with Gasteiger partial charge in [-0.05, 0) is 31.5 Å². The smallest absolute Gasteiger partial charge is 0.276 e. The molecule has 0 aliphatic carbocycles. The molecule has 1 fully saturated rings. The first-order valence-corrected chi connectivity index (χ1v) is 11.1. The van der Waals surface area contributed by atoms with Crippen molar-refractivity contribution in [3.05, 3.63) is 53.4 Å². The number of hydrogen-bond acceptors (Lipinski definition) is 8. The Morgan fingerprint density at radius 3 is 2.90 bits per heavy atom. The Balaban J connectivity index is 1.59. The monoisotopic (exact) mass is 439 g/mol. The highest BCUT2D eigenvalue weighted by molar-refractivity contribution is 7.13.